The van der Waals surface area contributed by atoms with Crippen LogP contribution in [0.5, 0.6) is 11.5 Å². The normalized spacial score (nSPS) is 15.4. The second-order valence-electron chi connectivity index (χ2n) is 4.94. The van der Waals surface area contributed by atoms with E-state index < -0.39 is 23.9 Å². The van der Waals surface area contributed by atoms with Crippen LogP contribution in [0.15, 0.2) is 12.1 Å². The van der Waals surface area contributed by atoms with Crippen LogP contribution in [0, 0.1) is 0 Å². The van der Waals surface area contributed by atoms with Crippen LogP contribution in [0.2, 0.25) is 5.02 Å². The number of carbonyl (C=O) groups is 2. The molecule has 1 aliphatic rings. The Morgan fingerprint density at radius 2 is 2.14 bits per heavy atom. The number of hydrogen-bond donors (Lipinski definition) is 3. The van der Waals surface area contributed by atoms with Crippen molar-refractivity contribution in [3.63, 3.8) is 0 Å². The summed E-state index contributed by atoms with van der Waals surface area (Å²) in [6.07, 6.45) is -0.477. The van der Waals surface area contributed by atoms with Crippen molar-refractivity contribution >= 4 is 23.5 Å². The minimum atomic E-state index is -1.54. The van der Waals surface area contributed by atoms with E-state index in [1.807, 2.05) is 0 Å². The van der Waals surface area contributed by atoms with E-state index in [1.165, 1.54) is 19.1 Å². The van der Waals surface area contributed by atoms with Crippen molar-refractivity contribution < 1.29 is 29.3 Å². The highest BCUT2D eigenvalue weighted by Crippen LogP contribution is 2.39. The topological polar surface area (TPSA) is 105 Å². The third-order valence-electron chi connectivity index (χ3n) is 2.85. The minimum Gasteiger partial charge on any atom is -0.481 e. The summed E-state index contributed by atoms with van der Waals surface area (Å²) in [5.74, 6) is -0.905. The molecule has 114 valence electrons. The van der Waals surface area contributed by atoms with Gasteiger partial charge in [0.1, 0.15) is 0 Å². The molecule has 0 radical (unpaired) electrons. The summed E-state index contributed by atoms with van der Waals surface area (Å²) in [5, 5.41) is 21.2. The van der Waals surface area contributed by atoms with E-state index in [2.05, 4.69) is 5.32 Å². The van der Waals surface area contributed by atoms with E-state index in [-0.39, 0.29) is 23.9 Å². The van der Waals surface area contributed by atoms with Gasteiger partial charge in [-0.05, 0) is 19.1 Å². The molecule has 0 aromatic heterocycles. The Bertz CT molecular complexity index is 586. The number of nitrogens with one attached hydrogen (secondary N) is 1. The molecular formula is C13H14ClNO6. The van der Waals surface area contributed by atoms with Gasteiger partial charge >= 0.3 is 5.97 Å². The van der Waals surface area contributed by atoms with E-state index in [0.717, 1.165) is 0 Å². The monoisotopic (exact) mass is 315 g/mol. The average Bonchev–Trinajstić information content (AvgIpc) is 2.83. The highest BCUT2D eigenvalue weighted by atomic mass is 35.5. The van der Waals surface area contributed by atoms with Crippen molar-refractivity contribution in [1.82, 2.24) is 5.32 Å². The zero-order chi connectivity index (χ0) is 15.6. The first kappa shape index (κ1) is 15.4. The van der Waals surface area contributed by atoms with Crippen LogP contribution in [0.3, 0.4) is 0 Å². The SMILES string of the molecule is CC(O)(CNC(=O)c1cc(Cl)c2c(c1)OCO2)CC(=O)O. The molecule has 1 heterocycles. The molecule has 1 aromatic carbocycles. The van der Waals surface area contributed by atoms with Crippen molar-refractivity contribution in [3.05, 3.63) is 22.7 Å². The molecule has 0 bridgehead atoms. The van der Waals surface area contributed by atoms with Gasteiger partial charge in [-0.1, -0.05) is 11.6 Å². The standard InChI is InChI=1S/C13H14ClNO6/c1-13(19,4-10(16)17)5-15-12(18)7-2-8(14)11-9(3-7)20-6-21-11/h2-3,19H,4-6H2,1H3,(H,15,18)(H,16,17). The summed E-state index contributed by atoms with van der Waals surface area (Å²) in [7, 11) is 0. The van der Waals surface area contributed by atoms with Crippen molar-refractivity contribution in [2.24, 2.45) is 0 Å². The second kappa shape index (κ2) is 5.79. The van der Waals surface area contributed by atoms with Crippen LogP contribution >= 0.6 is 11.6 Å². The number of aliphatic hydroxyl groups is 1. The highest BCUT2D eigenvalue weighted by molar-refractivity contribution is 6.32. The molecular weight excluding hydrogens is 302 g/mol. The smallest absolute Gasteiger partial charge is 0.306 e. The third kappa shape index (κ3) is 3.77. The van der Waals surface area contributed by atoms with Gasteiger partial charge in [0.05, 0.1) is 17.0 Å². The second-order valence-corrected chi connectivity index (χ2v) is 5.35. The molecule has 0 saturated carbocycles. The van der Waals surface area contributed by atoms with E-state index in [9.17, 15) is 14.7 Å². The zero-order valence-corrected chi connectivity index (χ0v) is 11.9. The Hall–Kier alpha value is -1.99. The molecule has 1 aromatic rings. The highest BCUT2D eigenvalue weighted by Gasteiger charge is 2.26. The first-order chi connectivity index (χ1) is 9.78. The average molecular weight is 316 g/mol. The number of amides is 1. The summed E-state index contributed by atoms with van der Waals surface area (Å²) in [4.78, 5) is 22.6. The number of hydrogen-bond acceptors (Lipinski definition) is 5. The van der Waals surface area contributed by atoms with Crippen LogP contribution in [0.25, 0.3) is 0 Å². The lowest BCUT2D eigenvalue weighted by atomic mass is 10.0. The molecule has 21 heavy (non-hydrogen) atoms. The predicted molar refractivity (Wildman–Crippen MR) is 72.8 cm³/mol. The fourth-order valence-corrected chi connectivity index (χ4v) is 2.12. The molecule has 8 heteroatoms. The van der Waals surface area contributed by atoms with E-state index in [4.69, 9.17) is 26.2 Å². The Kier molecular flexibility index (Phi) is 4.24. The summed E-state index contributed by atoms with van der Waals surface area (Å²) in [6.45, 7) is 1.16. The molecule has 1 aliphatic heterocycles. The van der Waals surface area contributed by atoms with Crippen molar-refractivity contribution in [2.45, 2.75) is 18.9 Å². The largest absolute Gasteiger partial charge is 0.481 e. The summed E-state index contributed by atoms with van der Waals surface area (Å²) >= 11 is 5.97. The molecule has 0 spiro atoms. The molecule has 3 N–H and O–H groups in total. The van der Waals surface area contributed by atoms with Gasteiger partial charge in [-0.3, -0.25) is 9.59 Å². The van der Waals surface area contributed by atoms with Crippen molar-refractivity contribution in [2.75, 3.05) is 13.3 Å². The number of carboxylic acids is 1. The maximum absolute atomic E-state index is 12.0. The van der Waals surface area contributed by atoms with E-state index in [0.29, 0.717) is 11.5 Å². The minimum absolute atomic E-state index is 0.0352. The molecule has 0 saturated heterocycles. The van der Waals surface area contributed by atoms with E-state index >= 15 is 0 Å². The predicted octanol–water partition coefficient (Wildman–Crippen LogP) is 1.02. The molecule has 1 atom stereocenters. The van der Waals surface area contributed by atoms with Crippen molar-refractivity contribution in [3.8, 4) is 11.5 Å². The van der Waals surface area contributed by atoms with Crippen LogP contribution in [-0.4, -0.2) is 41.0 Å². The van der Waals surface area contributed by atoms with Gasteiger partial charge in [-0.25, -0.2) is 0 Å². The number of rotatable bonds is 5. The molecule has 1 unspecified atom stereocenters. The first-order valence-corrected chi connectivity index (χ1v) is 6.48. The number of halogens is 1. The Labute approximate surface area is 125 Å². The number of aliphatic carboxylic acids is 1. The van der Waals surface area contributed by atoms with Crippen LogP contribution in [0.1, 0.15) is 23.7 Å². The summed E-state index contributed by atoms with van der Waals surface area (Å²) in [6, 6.07) is 2.88. The summed E-state index contributed by atoms with van der Waals surface area (Å²) in [5.41, 5.74) is -1.31. The lowest BCUT2D eigenvalue weighted by Gasteiger charge is -2.21. The van der Waals surface area contributed by atoms with Gasteiger partial charge in [0.25, 0.3) is 5.91 Å². The van der Waals surface area contributed by atoms with Gasteiger partial charge in [-0.15, -0.1) is 0 Å². The number of carboxylic acid groups (broad SMARTS) is 1. The Balaban J connectivity index is 2.04. The quantitative estimate of drug-likeness (QED) is 0.749. The number of carbonyl (C=O) groups excluding carboxylic acids is 1. The van der Waals surface area contributed by atoms with E-state index in [1.54, 1.807) is 0 Å². The zero-order valence-electron chi connectivity index (χ0n) is 11.2. The summed E-state index contributed by atoms with van der Waals surface area (Å²) < 4.78 is 10.3. The lowest BCUT2D eigenvalue weighted by molar-refractivity contribution is -0.141. The van der Waals surface area contributed by atoms with Gasteiger partial charge in [0.15, 0.2) is 11.5 Å². The molecule has 1 amide bonds. The maximum Gasteiger partial charge on any atom is 0.306 e. The molecule has 2 rings (SSSR count). The van der Waals surface area contributed by atoms with Gasteiger partial charge in [0, 0.05) is 12.1 Å². The fourth-order valence-electron chi connectivity index (χ4n) is 1.86. The fraction of sp³-hybridized carbons (Fsp3) is 0.385. The first-order valence-electron chi connectivity index (χ1n) is 6.10. The Morgan fingerprint density at radius 1 is 1.43 bits per heavy atom. The molecule has 0 aliphatic carbocycles. The number of benzene rings is 1. The Morgan fingerprint density at radius 3 is 2.81 bits per heavy atom. The third-order valence-corrected chi connectivity index (χ3v) is 3.13. The molecule has 0 fully saturated rings. The molecule has 7 nitrogen and oxygen atoms in total. The van der Waals surface area contributed by atoms with Gasteiger partial charge < -0.3 is 25.0 Å². The number of fused-ring (bicyclic) bond motifs is 1. The van der Waals surface area contributed by atoms with Crippen molar-refractivity contribution in [1.29, 1.82) is 0 Å². The van der Waals surface area contributed by atoms with Crippen LogP contribution in [0.4, 0.5) is 0 Å². The van der Waals surface area contributed by atoms with Gasteiger partial charge in [-0.2, -0.15) is 0 Å². The number of ether oxygens (including phenoxy) is 2. The maximum atomic E-state index is 12.0. The lowest BCUT2D eigenvalue weighted by Crippen LogP contribution is -2.42. The van der Waals surface area contributed by atoms with Crippen LogP contribution < -0.4 is 14.8 Å². The van der Waals surface area contributed by atoms with Gasteiger partial charge in [0.2, 0.25) is 6.79 Å². The van der Waals surface area contributed by atoms with Crippen LogP contribution in [-0.2, 0) is 4.79 Å².